The minimum Gasteiger partial charge on any atom is -0.490 e. The number of thiocarbonyl (C=S) groups is 1. The van der Waals surface area contributed by atoms with Gasteiger partial charge >= 0.3 is 0 Å². The first-order valence-corrected chi connectivity index (χ1v) is 11.4. The number of fused-ring (bicyclic) bond motifs is 1. The highest BCUT2D eigenvalue weighted by molar-refractivity contribution is 7.80. The Bertz CT molecular complexity index is 1310. The first kappa shape index (κ1) is 22.7. The molecule has 5 nitrogen and oxygen atoms in total. The van der Waals surface area contributed by atoms with Crippen LogP contribution in [-0.4, -0.2) is 23.0 Å². The molecule has 4 rings (SSSR count). The second kappa shape index (κ2) is 9.16. The number of anilines is 1. The van der Waals surface area contributed by atoms with Crippen LogP contribution in [0.5, 0.6) is 5.75 Å². The molecule has 0 bridgehead atoms. The predicted molar refractivity (Wildman–Crippen MR) is 136 cm³/mol. The molecule has 2 amide bonds. The molecule has 1 saturated heterocycles. The first-order chi connectivity index (χ1) is 15.8. The van der Waals surface area contributed by atoms with Gasteiger partial charge in [0.05, 0.1) is 11.8 Å². The molecule has 1 aliphatic rings. The summed E-state index contributed by atoms with van der Waals surface area (Å²) in [6.07, 6.45) is 2.44. The third-order valence-electron chi connectivity index (χ3n) is 6.04. The third-order valence-corrected chi connectivity index (χ3v) is 6.33. The van der Waals surface area contributed by atoms with Gasteiger partial charge in [0.1, 0.15) is 11.3 Å². The number of nitrogens with zero attached hydrogens (tertiary/aromatic N) is 1. The molecule has 1 heterocycles. The minimum absolute atomic E-state index is 0.00913. The number of carbonyl (C=O) groups is 2. The molecule has 0 aromatic heterocycles. The highest BCUT2D eigenvalue weighted by Crippen LogP contribution is 2.33. The number of nitrogens with one attached hydrogen (secondary N) is 1. The normalized spacial score (nSPS) is 16.3. The van der Waals surface area contributed by atoms with Crippen molar-refractivity contribution in [1.29, 1.82) is 0 Å². The topological polar surface area (TPSA) is 58.6 Å². The molecule has 1 fully saturated rings. The van der Waals surface area contributed by atoms with Crippen molar-refractivity contribution in [2.24, 2.45) is 0 Å². The Morgan fingerprint density at radius 2 is 1.82 bits per heavy atom. The molecule has 6 heteroatoms. The number of carbonyl (C=O) groups excluding carboxylic acids is 2. The molecular weight excluding hydrogens is 432 g/mol. The largest absolute Gasteiger partial charge is 0.490 e. The Hall–Kier alpha value is -3.51. The Kier molecular flexibility index (Phi) is 6.29. The van der Waals surface area contributed by atoms with Crippen molar-refractivity contribution in [1.82, 2.24) is 5.32 Å². The lowest BCUT2D eigenvalue weighted by Gasteiger charge is -2.30. The second-order valence-electron chi connectivity index (χ2n) is 8.21. The van der Waals surface area contributed by atoms with Crippen LogP contribution in [0.1, 0.15) is 37.0 Å². The first-order valence-electron chi connectivity index (χ1n) is 11.0. The van der Waals surface area contributed by atoms with Gasteiger partial charge in [-0.2, -0.15) is 0 Å². The summed E-state index contributed by atoms with van der Waals surface area (Å²) in [6.45, 7) is 7.94. The van der Waals surface area contributed by atoms with Crippen molar-refractivity contribution in [3.05, 3.63) is 76.9 Å². The van der Waals surface area contributed by atoms with E-state index in [1.807, 2.05) is 82.3 Å². The van der Waals surface area contributed by atoms with Gasteiger partial charge in [0.2, 0.25) is 0 Å². The number of benzene rings is 3. The standard InChI is InChI=1S/C27H26N2O3S/c1-5-17(3)32-24-14-13-19-10-6-7-11-20(19)21(24)15-22-25(30)28-27(33)29(26(22)31)23-12-8-9-16(2)18(23)4/h6-15,17H,5H2,1-4H3,(H,28,30,33)/b22-15+/t17-/m0/s1. The number of amides is 2. The van der Waals surface area contributed by atoms with Gasteiger partial charge in [0, 0.05) is 5.56 Å². The molecule has 0 radical (unpaired) electrons. The highest BCUT2D eigenvalue weighted by atomic mass is 32.1. The minimum atomic E-state index is -0.519. The van der Waals surface area contributed by atoms with Gasteiger partial charge in [-0.1, -0.05) is 49.4 Å². The van der Waals surface area contributed by atoms with Gasteiger partial charge in [0.25, 0.3) is 11.8 Å². The average Bonchev–Trinajstić information content (AvgIpc) is 2.80. The van der Waals surface area contributed by atoms with Gasteiger partial charge in [-0.15, -0.1) is 0 Å². The summed E-state index contributed by atoms with van der Waals surface area (Å²) >= 11 is 5.38. The van der Waals surface area contributed by atoms with E-state index in [1.54, 1.807) is 6.08 Å². The SMILES string of the molecule is CC[C@H](C)Oc1ccc2ccccc2c1/C=C1\C(=O)NC(=S)N(c2cccc(C)c2C)C1=O. The van der Waals surface area contributed by atoms with Crippen LogP contribution in [-0.2, 0) is 9.59 Å². The smallest absolute Gasteiger partial charge is 0.270 e. The zero-order valence-electron chi connectivity index (χ0n) is 19.1. The Balaban J connectivity index is 1.88. The molecule has 33 heavy (non-hydrogen) atoms. The molecule has 0 spiro atoms. The Labute approximate surface area is 199 Å². The Morgan fingerprint density at radius 3 is 2.58 bits per heavy atom. The Morgan fingerprint density at radius 1 is 1.06 bits per heavy atom. The van der Waals surface area contributed by atoms with Gasteiger partial charge in [-0.3, -0.25) is 19.8 Å². The molecule has 0 aliphatic carbocycles. The van der Waals surface area contributed by atoms with E-state index in [2.05, 4.69) is 5.32 Å². The fraction of sp³-hybridized carbons (Fsp3) is 0.222. The third kappa shape index (κ3) is 4.26. The zero-order chi connectivity index (χ0) is 23.7. The lowest BCUT2D eigenvalue weighted by Crippen LogP contribution is -2.54. The van der Waals surface area contributed by atoms with Crippen LogP contribution >= 0.6 is 12.2 Å². The quantitative estimate of drug-likeness (QED) is 0.313. The number of aryl methyl sites for hydroxylation is 1. The van der Waals surface area contributed by atoms with Crippen LogP contribution in [0.3, 0.4) is 0 Å². The van der Waals surface area contributed by atoms with Crippen molar-refractivity contribution in [3.63, 3.8) is 0 Å². The van der Waals surface area contributed by atoms with E-state index >= 15 is 0 Å². The van der Waals surface area contributed by atoms with Crippen molar-refractivity contribution >= 4 is 51.7 Å². The zero-order valence-corrected chi connectivity index (χ0v) is 20.0. The summed E-state index contributed by atoms with van der Waals surface area (Å²) in [5.74, 6) is -0.351. The molecule has 1 aliphatic heterocycles. The fourth-order valence-electron chi connectivity index (χ4n) is 3.83. The van der Waals surface area contributed by atoms with Gasteiger partial charge in [0.15, 0.2) is 5.11 Å². The average molecular weight is 459 g/mol. The monoisotopic (exact) mass is 458 g/mol. The summed E-state index contributed by atoms with van der Waals surface area (Å²) in [5.41, 5.74) is 3.32. The van der Waals surface area contributed by atoms with E-state index in [-0.39, 0.29) is 16.8 Å². The van der Waals surface area contributed by atoms with Crippen molar-refractivity contribution < 1.29 is 14.3 Å². The lowest BCUT2D eigenvalue weighted by molar-refractivity contribution is -0.122. The van der Waals surface area contributed by atoms with Crippen LogP contribution < -0.4 is 15.0 Å². The molecular formula is C27H26N2O3S. The maximum absolute atomic E-state index is 13.6. The molecule has 3 aromatic rings. The van der Waals surface area contributed by atoms with E-state index in [9.17, 15) is 9.59 Å². The summed E-state index contributed by atoms with van der Waals surface area (Å²) in [6, 6.07) is 17.4. The van der Waals surface area contributed by atoms with Gasteiger partial charge < -0.3 is 4.74 Å². The van der Waals surface area contributed by atoms with Gasteiger partial charge in [-0.25, -0.2) is 0 Å². The van der Waals surface area contributed by atoms with Crippen LogP contribution in [0.4, 0.5) is 5.69 Å². The van der Waals surface area contributed by atoms with Crippen LogP contribution in [0.25, 0.3) is 16.8 Å². The fourth-order valence-corrected chi connectivity index (χ4v) is 4.10. The molecule has 0 saturated carbocycles. The number of hydrogen-bond acceptors (Lipinski definition) is 4. The molecule has 168 valence electrons. The summed E-state index contributed by atoms with van der Waals surface area (Å²) in [4.78, 5) is 27.9. The summed E-state index contributed by atoms with van der Waals surface area (Å²) in [5, 5.41) is 4.65. The van der Waals surface area contributed by atoms with Crippen LogP contribution in [0, 0.1) is 13.8 Å². The van der Waals surface area contributed by atoms with Crippen molar-refractivity contribution in [2.75, 3.05) is 4.90 Å². The van der Waals surface area contributed by atoms with E-state index in [4.69, 9.17) is 17.0 Å². The molecule has 3 aromatic carbocycles. The maximum Gasteiger partial charge on any atom is 0.270 e. The highest BCUT2D eigenvalue weighted by Gasteiger charge is 2.35. The van der Waals surface area contributed by atoms with Crippen molar-refractivity contribution in [2.45, 2.75) is 40.2 Å². The van der Waals surface area contributed by atoms with Crippen LogP contribution in [0.15, 0.2) is 60.2 Å². The molecule has 1 N–H and O–H groups in total. The number of rotatable bonds is 5. The lowest BCUT2D eigenvalue weighted by atomic mass is 9.99. The predicted octanol–water partition coefficient (Wildman–Crippen LogP) is 5.47. The van der Waals surface area contributed by atoms with E-state index in [0.29, 0.717) is 17.0 Å². The molecule has 0 unspecified atom stereocenters. The van der Waals surface area contributed by atoms with Crippen molar-refractivity contribution in [3.8, 4) is 5.75 Å². The van der Waals surface area contributed by atoms with E-state index in [0.717, 1.165) is 28.3 Å². The van der Waals surface area contributed by atoms with E-state index < -0.39 is 11.8 Å². The maximum atomic E-state index is 13.6. The number of ether oxygens (including phenoxy) is 1. The van der Waals surface area contributed by atoms with E-state index in [1.165, 1.54) is 4.90 Å². The molecule has 1 atom stereocenters. The van der Waals surface area contributed by atoms with Gasteiger partial charge in [-0.05, 0) is 79.5 Å². The van der Waals surface area contributed by atoms with Crippen LogP contribution in [0.2, 0.25) is 0 Å². The second-order valence-corrected chi connectivity index (χ2v) is 8.60. The number of hydrogen-bond donors (Lipinski definition) is 1. The summed E-state index contributed by atoms with van der Waals surface area (Å²) < 4.78 is 6.16. The summed E-state index contributed by atoms with van der Waals surface area (Å²) in [7, 11) is 0.